The zero-order valence-corrected chi connectivity index (χ0v) is 8.04. The molecule has 0 bridgehead atoms. The van der Waals surface area contributed by atoms with E-state index in [9.17, 15) is 4.57 Å². The summed E-state index contributed by atoms with van der Waals surface area (Å²) in [6.45, 7) is 2.37. The van der Waals surface area contributed by atoms with Crippen LogP contribution >= 0.6 is 7.75 Å². The topological polar surface area (TPSA) is 119 Å². The van der Waals surface area contributed by atoms with E-state index in [0.29, 0.717) is 0 Å². The molecular formula is C5H17N2O4P. The third-order valence-corrected chi connectivity index (χ3v) is 1.21. The summed E-state index contributed by atoms with van der Waals surface area (Å²) in [7, 11) is -3.84. The normalized spacial score (nSPS) is 14.4. The van der Waals surface area contributed by atoms with Crippen LogP contribution in [0.25, 0.3) is 0 Å². The van der Waals surface area contributed by atoms with Crippen LogP contribution in [0.4, 0.5) is 0 Å². The van der Waals surface area contributed by atoms with Crippen LogP contribution in [0.5, 0.6) is 0 Å². The van der Waals surface area contributed by atoms with Gasteiger partial charge in [0, 0.05) is 0 Å². The first kappa shape index (κ1) is 14.5. The molecule has 0 aliphatic heterocycles. The van der Waals surface area contributed by atoms with Gasteiger partial charge in [-0.05, 0) is 13.0 Å². The smallest absolute Gasteiger partial charge is 0.394 e. The van der Waals surface area contributed by atoms with E-state index < -0.39 is 7.75 Å². The van der Waals surface area contributed by atoms with E-state index >= 15 is 0 Å². The molecule has 0 spiro atoms. The number of nitrogens with two attached hydrogens (primary N) is 2. The highest BCUT2D eigenvalue weighted by atomic mass is 31.2. The molecule has 0 aromatic heterocycles. The Morgan fingerprint density at radius 2 is 2.00 bits per heavy atom. The SMILES string of the molecule is CCCN.NP(=O)(O)OCCO. The summed E-state index contributed by atoms with van der Waals surface area (Å²) in [6.07, 6.45) is 1.10. The van der Waals surface area contributed by atoms with Gasteiger partial charge in [-0.25, -0.2) is 10.1 Å². The molecule has 6 N–H and O–H groups in total. The zero-order valence-electron chi connectivity index (χ0n) is 7.14. The van der Waals surface area contributed by atoms with Gasteiger partial charge in [0.2, 0.25) is 0 Å². The molecule has 1 atom stereocenters. The van der Waals surface area contributed by atoms with Crippen molar-refractivity contribution in [3.05, 3.63) is 0 Å². The van der Waals surface area contributed by atoms with Crippen LogP contribution in [0.15, 0.2) is 0 Å². The Morgan fingerprint density at radius 3 is 2.08 bits per heavy atom. The third kappa shape index (κ3) is 22.5. The minimum Gasteiger partial charge on any atom is -0.394 e. The fourth-order valence-corrected chi connectivity index (χ4v) is 0.515. The molecule has 0 aromatic rings. The van der Waals surface area contributed by atoms with Crippen LogP contribution in [0.3, 0.4) is 0 Å². The fourth-order valence-electron chi connectivity index (χ4n) is 0.172. The monoisotopic (exact) mass is 200 g/mol. The van der Waals surface area contributed by atoms with Gasteiger partial charge in [-0.2, -0.15) is 0 Å². The van der Waals surface area contributed by atoms with Gasteiger partial charge in [-0.15, -0.1) is 0 Å². The highest BCUT2D eigenvalue weighted by Crippen LogP contribution is 2.30. The Balaban J connectivity index is 0. The van der Waals surface area contributed by atoms with Gasteiger partial charge in [-0.1, -0.05) is 6.92 Å². The van der Waals surface area contributed by atoms with E-state index in [1.165, 1.54) is 0 Å². The summed E-state index contributed by atoms with van der Waals surface area (Å²) >= 11 is 0. The molecule has 0 saturated carbocycles. The molecule has 0 radical (unpaired) electrons. The summed E-state index contributed by atoms with van der Waals surface area (Å²) < 4.78 is 14.0. The Kier molecular flexibility index (Phi) is 11.1. The summed E-state index contributed by atoms with van der Waals surface area (Å²) in [5.41, 5.74) is 9.53. The molecule has 1 unspecified atom stereocenters. The lowest BCUT2D eigenvalue weighted by atomic mass is 10.5. The Hall–Kier alpha value is 0.0300. The Morgan fingerprint density at radius 1 is 1.58 bits per heavy atom. The third-order valence-electron chi connectivity index (χ3n) is 0.656. The second-order valence-electron chi connectivity index (χ2n) is 1.91. The van der Waals surface area contributed by atoms with Gasteiger partial charge >= 0.3 is 7.75 Å². The largest absolute Gasteiger partial charge is 0.400 e. The number of aliphatic hydroxyl groups excluding tert-OH is 1. The van der Waals surface area contributed by atoms with Crippen molar-refractivity contribution in [1.29, 1.82) is 0 Å². The van der Waals surface area contributed by atoms with Crippen molar-refractivity contribution in [2.75, 3.05) is 19.8 Å². The average Bonchev–Trinajstić information content (AvgIpc) is 2.00. The number of hydrogen-bond donors (Lipinski definition) is 4. The lowest BCUT2D eigenvalue weighted by Gasteiger charge is -2.01. The van der Waals surface area contributed by atoms with Gasteiger partial charge < -0.3 is 15.7 Å². The number of hydrogen-bond acceptors (Lipinski definition) is 4. The highest BCUT2D eigenvalue weighted by Gasteiger charge is 2.08. The van der Waals surface area contributed by atoms with Gasteiger partial charge in [0.15, 0.2) is 0 Å². The lowest BCUT2D eigenvalue weighted by molar-refractivity contribution is 0.183. The van der Waals surface area contributed by atoms with E-state index in [4.69, 9.17) is 15.7 Å². The second-order valence-corrected chi connectivity index (χ2v) is 3.30. The Labute approximate surface area is 72.1 Å². The minimum atomic E-state index is -3.84. The predicted molar refractivity (Wildman–Crippen MR) is 46.4 cm³/mol. The summed E-state index contributed by atoms with van der Waals surface area (Å²) in [6, 6.07) is 0. The van der Waals surface area contributed by atoms with E-state index in [0.717, 1.165) is 13.0 Å². The van der Waals surface area contributed by atoms with Crippen LogP contribution in [-0.4, -0.2) is 29.8 Å². The minimum absolute atomic E-state index is 0.204. The molecule has 12 heavy (non-hydrogen) atoms. The molecule has 0 heterocycles. The molecule has 0 aliphatic rings. The van der Waals surface area contributed by atoms with E-state index in [-0.39, 0.29) is 13.2 Å². The van der Waals surface area contributed by atoms with Gasteiger partial charge in [0.05, 0.1) is 13.2 Å². The summed E-state index contributed by atoms with van der Waals surface area (Å²) in [4.78, 5) is 8.15. The molecule has 6 nitrogen and oxygen atoms in total. The van der Waals surface area contributed by atoms with E-state index in [1.54, 1.807) is 0 Å². The fraction of sp³-hybridized carbons (Fsp3) is 1.00. The van der Waals surface area contributed by atoms with Crippen molar-refractivity contribution in [1.82, 2.24) is 0 Å². The lowest BCUT2D eigenvalue weighted by Crippen LogP contribution is -2.02. The maximum atomic E-state index is 9.97. The highest BCUT2D eigenvalue weighted by molar-refractivity contribution is 7.50. The molecule has 0 amide bonds. The van der Waals surface area contributed by atoms with Crippen molar-refractivity contribution in [3.63, 3.8) is 0 Å². The maximum Gasteiger partial charge on any atom is 0.400 e. The van der Waals surface area contributed by atoms with Crippen molar-refractivity contribution in [2.45, 2.75) is 13.3 Å². The molecule has 0 rings (SSSR count). The van der Waals surface area contributed by atoms with Gasteiger partial charge in [0.25, 0.3) is 0 Å². The first-order chi connectivity index (χ1) is 5.47. The summed E-state index contributed by atoms with van der Waals surface area (Å²) in [5.74, 6) is 0. The maximum absolute atomic E-state index is 9.97. The first-order valence-corrected chi connectivity index (χ1v) is 5.19. The van der Waals surface area contributed by atoms with Gasteiger partial charge in [-0.3, -0.25) is 4.52 Å². The van der Waals surface area contributed by atoms with E-state index in [1.807, 2.05) is 0 Å². The van der Waals surface area contributed by atoms with Crippen LogP contribution in [0, 0.1) is 0 Å². The zero-order chi connectivity index (χ0) is 10.0. The quantitative estimate of drug-likeness (QED) is 0.450. The molecule has 76 valence electrons. The van der Waals surface area contributed by atoms with E-state index in [2.05, 4.69) is 17.0 Å². The Bertz CT molecular complexity index is 125. The standard InChI is InChI=1S/C3H9N.C2H8NO4P/c1-2-3-4;3-8(5,6)7-2-1-4/h2-4H2,1H3;4H,1-2H2,(H3,3,5,6). The first-order valence-electron chi connectivity index (χ1n) is 3.54. The molecule has 0 saturated heterocycles. The van der Waals surface area contributed by atoms with Crippen LogP contribution in [0.2, 0.25) is 0 Å². The predicted octanol–water partition coefficient (Wildman–Crippen LogP) is -0.590. The van der Waals surface area contributed by atoms with Crippen molar-refractivity contribution >= 4 is 7.75 Å². The molecule has 0 aliphatic carbocycles. The molecule has 0 fully saturated rings. The van der Waals surface area contributed by atoms with Gasteiger partial charge in [0.1, 0.15) is 0 Å². The number of aliphatic hydroxyl groups is 1. The molecular weight excluding hydrogens is 183 g/mol. The van der Waals surface area contributed by atoms with Crippen molar-refractivity contribution < 1.29 is 19.1 Å². The van der Waals surface area contributed by atoms with Crippen molar-refractivity contribution in [3.8, 4) is 0 Å². The van der Waals surface area contributed by atoms with Crippen molar-refractivity contribution in [2.24, 2.45) is 11.2 Å². The number of rotatable bonds is 4. The second kappa shape index (κ2) is 9.12. The van der Waals surface area contributed by atoms with Crippen LogP contribution < -0.4 is 11.2 Å². The summed E-state index contributed by atoms with van der Waals surface area (Å²) in [5, 5.41) is 8.02. The average molecular weight is 200 g/mol. The molecule has 0 aromatic carbocycles. The molecule has 7 heteroatoms. The van der Waals surface area contributed by atoms with Crippen LogP contribution in [0.1, 0.15) is 13.3 Å². The van der Waals surface area contributed by atoms with Crippen LogP contribution in [-0.2, 0) is 9.09 Å².